The lowest BCUT2D eigenvalue weighted by molar-refractivity contribution is 0.583. The second-order valence-corrected chi connectivity index (χ2v) is 1.69. The third-order valence-corrected chi connectivity index (χ3v) is 0.960. The molecule has 52 valence electrons. The molecule has 0 radical (unpaired) electrons. The minimum absolute atomic E-state index is 0.528. The van der Waals surface area contributed by atoms with Crippen molar-refractivity contribution in [3.63, 3.8) is 0 Å². The highest BCUT2D eigenvalue weighted by molar-refractivity contribution is 6.58. The van der Waals surface area contributed by atoms with E-state index >= 15 is 0 Å². The fourth-order valence-electron chi connectivity index (χ4n) is 0.546. The summed E-state index contributed by atoms with van der Waals surface area (Å²) < 4.78 is 35.5. The van der Waals surface area contributed by atoms with Crippen LogP contribution >= 0.6 is 0 Å². The van der Waals surface area contributed by atoms with Gasteiger partial charge in [-0.1, -0.05) is 6.07 Å². The zero-order valence-electron chi connectivity index (χ0n) is 4.89. The Balaban J connectivity index is 2.96. The van der Waals surface area contributed by atoms with E-state index in [1.54, 1.807) is 0 Å². The highest BCUT2D eigenvalue weighted by Crippen LogP contribution is 1.90. The van der Waals surface area contributed by atoms with Gasteiger partial charge in [0.15, 0.2) is 0 Å². The van der Waals surface area contributed by atoms with Gasteiger partial charge in [0.25, 0.3) is 0 Å². The molecule has 0 saturated heterocycles. The van der Waals surface area contributed by atoms with Crippen LogP contribution in [0.5, 0.6) is 0 Å². The summed E-state index contributed by atoms with van der Waals surface area (Å²) in [5, 5.41) is 0. The van der Waals surface area contributed by atoms with Crippen molar-refractivity contribution < 1.29 is 13.0 Å². The van der Waals surface area contributed by atoms with Crippen molar-refractivity contribution in [2.24, 2.45) is 0 Å². The predicted molar refractivity (Wildman–Crippen MR) is 31.8 cm³/mol. The average molecular weight is 145 g/mol. The molecule has 1 rings (SSSR count). The van der Waals surface area contributed by atoms with E-state index in [4.69, 9.17) is 0 Å². The molecule has 0 aliphatic heterocycles. The standard InChI is InChI=1S/C5H3BF3N/c7-5-3-1-2-4(10-5)6(8)9/h1-3H. The lowest BCUT2D eigenvalue weighted by atomic mass is 9.92. The molecule has 0 bridgehead atoms. The van der Waals surface area contributed by atoms with Gasteiger partial charge in [-0.2, -0.15) is 4.39 Å². The van der Waals surface area contributed by atoms with Gasteiger partial charge < -0.3 is 0 Å². The molecule has 1 aromatic heterocycles. The number of pyridine rings is 1. The van der Waals surface area contributed by atoms with Crippen LogP contribution in [0.2, 0.25) is 0 Å². The SMILES string of the molecule is FB(F)c1cccc(F)n1. The zero-order valence-corrected chi connectivity index (χ0v) is 4.89. The fraction of sp³-hybridized carbons (Fsp3) is 0. The number of halogens is 3. The van der Waals surface area contributed by atoms with Gasteiger partial charge in [-0.25, -0.2) is 4.98 Å². The van der Waals surface area contributed by atoms with Gasteiger partial charge in [0.2, 0.25) is 5.95 Å². The van der Waals surface area contributed by atoms with Crippen molar-refractivity contribution >= 4 is 12.9 Å². The minimum atomic E-state index is -2.70. The van der Waals surface area contributed by atoms with E-state index in [1.165, 1.54) is 6.07 Å². The van der Waals surface area contributed by atoms with Crippen molar-refractivity contribution in [3.8, 4) is 0 Å². The normalized spacial score (nSPS) is 9.50. The highest BCUT2D eigenvalue weighted by atomic mass is 19.2. The van der Waals surface area contributed by atoms with Crippen molar-refractivity contribution in [2.75, 3.05) is 0 Å². The molecule has 5 heteroatoms. The van der Waals surface area contributed by atoms with E-state index < -0.39 is 18.8 Å². The lowest BCUT2D eigenvalue weighted by Gasteiger charge is -1.92. The smallest absolute Gasteiger partial charge is 0.279 e. The number of aromatic nitrogens is 1. The maximum Gasteiger partial charge on any atom is 0.590 e. The van der Waals surface area contributed by atoms with Crippen LogP contribution in [0, 0.1) is 5.95 Å². The predicted octanol–water partition coefficient (Wildman–Crippen LogP) is 0.855. The van der Waals surface area contributed by atoms with Crippen molar-refractivity contribution in [1.29, 1.82) is 0 Å². The molecular weight excluding hydrogens is 142 g/mol. The van der Waals surface area contributed by atoms with E-state index in [9.17, 15) is 13.0 Å². The van der Waals surface area contributed by atoms with E-state index in [2.05, 4.69) is 4.98 Å². The molecule has 0 unspecified atom stereocenters. The van der Waals surface area contributed by atoms with Crippen molar-refractivity contribution in [2.45, 2.75) is 0 Å². The maximum absolute atomic E-state index is 12.1. The van der Waals surface area contributed by atoms with E-state index in [0.29, 0.717) is 0 Å². The Morgan fingerprint density at radius 2 is 2.00 bits per heavy atom. The number of rotatable bonds is 1. The zero-order chi connectivity index (χ0) is 7.56. The molecule has 1 heterocycles. The monoisotopic (exact) mass is 145 g/mol. The first kappa shape index (κ1) is 7.12. The number of hydrogen-bond donors (Lipinski definition) is 0. The molecule has 1 nitrogen and oxygen atoms in total. The third-order valence-electron chi connectivity index (χ3n) is 0.960. The summed E-state index contributed by atoms with van der Waals surface area (Å²) in [7, 11) is -2.70. The molecule has 0 amide bonds. The molecule has 0 aliphatic carbocycles. The Morgan fingerprint density at radius 3 is 2.40 bits per heavy atom. The molecule has 0 aromatic carbocycles. The Labute approximate surface area is 56.1 Å². The number of hydrogen-bond acceptors (Lipinski definition) is 1. The van der Waals surface area contributed by atoms with E-state index in [-0.39, 0.29) is 0 Å². The first-order valence-electron chi connectivity index (χ1n) is 2.61. The Bertz CT molecular complexity index is 228. The molecular formula is C5H3BF3N. The quantitative estimate of drug-likeness (QED) is 0.421. The van der Waals surface area contributed by atoms with Gasteiger partial charge in [-0.3, -0.25) is 8.63 Å². The van der Waals surface area contributed by atoms with Crippen LogP contribution in [0.4, 0.5) is 13.0 Å². The molecule has 0 saturated carbocycles. The minimum Gasteiger partial charge on any atom is -0.279 e. The summed E-state index contributed by atoms with van der Waals surface area (Å²) >= 11 is 0. The summed E-state index contributed by atoms with van der Waals surface area (Å²) in [6.45, 7) is 0. The maximum atomic E-state index is 12.1. The molecule has 0 spiro atoms. The fourth-order valence-corrected chi connectivity index (χ4v) is 0.546. The van der Waals surface area contributed by atoms with Gasteiger partial charge in [-0.05, 0) is 12.1 Å². The van der Waals surface area contributed by atoms with Gasteiger partial charge in [-0.15, -0.1) is 0 Å². The molecule has 1 aromatic rings. The summed E-state index contributed by atoms with van der Waals surface area (Å²) in [5.41, 5.74) is -0.528. The van der Waals surface area contributed by atoms with Gasteiger partial charge in [0.05, 0.1) is 5.59 Å². The van der Waals surface area contributed by atoms with Crippen LogP contribution in [0.3, 0.4) is 0 Å². The van der Waals surface area contributed by atoms with Crippen LogP contribution in [0.15, 0.2) is 18.2 Å². The molecule has 0 N–H and O–H groups in total. The van der Waals surface area contributed by atoms with E-state index in [1.807, 2.05) is 0 Å². The van der Waals surface area contributed by atoms with Crippen molar-refractivity contribution in [3.05, 3.63) is 24.1 Å². The number of nitrogens with zero attached hydrogens (tertiary/aromatic N) is 1. The summed E-state index contributed by atoms with van der Waals surface area (Å²) in [6.07, 6.45) is 0. The summed E-state index contributed by atoms with van der Waals surface area (Å²) in [5.74, 6) is -0.877. The summed E-state index contributed by atoms with van der Waals surface area (Å²) in [6, 6.07) is 3.30. The average Bonchev–Trinajstić information content (AvgIpc) is 1.88. The van der Waals surface area contributed by atoms with Gasteiger partial charge >= 0.3 is 7.27 Å². The second kappa shape index (κ2) is 2.73. The van der Waals surface area contributed by atoms with Crippen LogP contribution in [0.25, 0.3) is 0 Å². The molecule has 0 fully saturated rings. The lowest BCUT2D eigenvalue weighted by Crippen LogP contribution is -2.24. The topological polar surface area (TPSA) is 12.9 Å². The van der Waals surface area contributed by atoms with Crippen LogP contribution in [-0.2, 0) is 0 Å². The van der Waals surface area contributed by atoms with Crippen LogP contribution in [0.1, 0.15) is 0 Å². The first-order chi connectivity index (χ1) is 4.70. The summed E-state index contributed by atoms with van der Waals surface area (Å²) in [4.78, 5) is 2.96. The third kappa shape index (κ3) is 1.49. The molecule has 0 aliphatic rings. The Morgan fingerprint density at radius 1 is 1.30 bits per heavy atom. The van der Waals surface area contributed by atoms with E-state index in [0.717, 1.165) is 12.1 Å². The Kier molecular flexibility index (Phi) is 1.94. The first-order valence-corrected chi connectivity index (χ1v) is 2.61. The largest absolute Gasteiger partial charge is 0.590 e. The second-order valence-electron chi connectivity index (χ2n) is 1.69. The van der Waals surface area contributed by atoms with Crippen molar-refractivity contribution in [1.82, 2.24) is 4.98 Å². The molecule has 10 heavy (non-hydrogen) atoms. The van der Waals surface area contributed by atoms with Gasteiger partial charge in [0, 0.05) is 0 Å². The van der Waals surface area contributed by atoms with Crippen LogP contribution in [-0.4, -0.2) is 12.3 Å². The Hall–Kier alpha value is -0.995. The van der Waals surface area contributed by atoms with Gasteiger partial charge in [0.1, 0.15) is 0 Å². The molecule has 0 atom stereocenters. The highest BCUT2D eigenvalue weighted by Gasteiger charge is 2.17. The van der Waals surface area contributed by atoms with Crippen LogP contribution < -0.4 is 5.59 Å².